The van der Waals surface area contributed by atoms with Crippen LogP contribution in [0.15, 0.2) is 214 Å². The van der Waals surface area contributed by atoms with Gasteiger partial charge in [0, 0.05) is 48.4 Å². The number of rotatable bonds is 7. The van der Waals surface area contributed by atoms with Crippen molar-refractivity contribution in [1.29, 1.82) is 0 Å². The summed E-state index contributed by atoms with van der Waals surface area (Å²) in [4.78, 5) is 34.7. The number of nitrogens with zero attached hydrogens (tertiary/aromatic N) is 7. The predicted molar refractivity (Wildman–Crippen MR) is 252 cm³/mol. The Morgan fingerprint density at radius 2 is 0.841 bits per heavy atom. The normalized spacial score (nSPS) is 12.0. The molecule has 8 aromatic carbocycles. The Kier molecular flexibility index (Phi) is 8.90. The monoisotopic (exact) mass is 827 g/mol. The Morgan fingerprint density at radius 1 is 0.349 bits per heavy atom. The highest BCUT2D eigenvalue weighted by Crippen LogP contribution is 2.52. The third-order valence-corrected chi connectivity index (χ3v) is 12.3. The fourth-order valence-electron chi connectivity index (χ4n) is 8.17. The lowest BCUT2D eigenvalue weighted by Gasteiger charge is -2.31. The summed E-state index contributed by atoms with van der Waals surface area (Å²) >= 11 is 1.74. The molecule has 12 rings (SSSR count). The fraction of sp³-hybridized carbons (Fsp3) is 0. The van der Waals surface area contributed by atoms with Gasteiger partial charge >= 0.3 is 0 Å². The number of para-hydroxylation sites is 1. The molecule has 0 saturated carbocycles. The SMILES string of the molecule is c1ccc(-c2nc(-c3ccccc3)nc(-c3cccc4oc5ccc(-c6ccc7c(c6)Sc6ccccc6N7c6nc(-c7ccccc7)nc(-c7ccccc7)n6)cc5c34)n2)cc1. The molecule has 11 aromatic rings. The van der Waals surface area contributed by atoms with Gasteiger partial charge in [-0.15, -0.1) is 0 Å². The van der Waals surface area contributed by atoms with E-state index in [4.69, 9.17) is 34.3 Å². The average Bonchev–Trinajstić information content (AvgIpc) is 3.74. The van der Waals surface area contributed by atoms with Crippen LogP contribution in [-0.2, 0) is 0 Å². The van der Waals surface area contributed by atoms with Gasteiger partial charge in [-0.2, -0.15) is 9.97 Å². The lowest BCUT2D eigenvalue weighted by molar-refractivity contribution is 0.669. The van der Waals surface area contributed by atoms with Crippen LogP contribution in [0.5, 0.6) is 0 Å². The second-order valence-electron chi connectivity index (χ2n) is 15.1. The molecule has 1 aliphatic heterocycles. The first-order chi connectivity index (χ1) is 31.2. The maximum atomic E-state index is 6.51. The number of anilines is 3. The lowest BCUT2D eigenvalue weighted by atomic mass is 10.00. The number of hydrogen-bond donors (Lipinski definition) is 0. The van der Waals surface area contributed by atoms with Gasteiger partial charge < -0.3 is 4.42 Å². The summed E-state index contributed by atoms with van der Waals surface area (Å²) in [6, 6.07) is 67.7. The van der Waals surface area contributed by atoms with Crippen molar-refractivity contribution >= 4 is 51.0 Å². The van der Waals surface area contributed by atoms with Crippen molar-refractivity contribution in [2.75, 3.05) is 4.90 Å². The molecule has 4 heterocycles. The maximum Gasteiger partial charge on any atom is 0.238 e. The molecule has 0 amide bonds. The van der Waals surface area contributed by atoms with Gasteiger partial charge in [0.1, 0.15) is 11.2 Å². The summed E-state index contributed by atoms with van der Waals surface area (Å²) in [5.74, 6) is 3.56. The highest BCUT2D eigenvalue weighted by atomic mass is 32.2. The average molecular weight is 828 g/mol. The van der Waals surface area contributed by atoms with Crippen molar-refractivity contribution in [1.82, 2.24) is 29.9 Å². The summed E-state index contributed by atoms with van der Waals surface area (Å²) in [5.41, 5.74) is 10.2. The van der Waals surface area contributed by atoms with Gasteiger partial charge in [0.05, 0.1) is 11.4 Å². The first-order valence-corrected chi connectivity index (χ1v) is 21.4. The summed E-state index contributed by atoms with van der Waals surface area (Å²) in [6.45, 7) is 0. The summed E-state index contributed by atoms with van der Waals surface area (Å²) in [6.07, 6.45) is 0. The van der Waals surface area contributed by atoms with E-state index >= 15 is 0 Å². The van der Waals surface area contributed by atoms with Crippen LogP contribution in [0.25, 0.3) is 90.0 Å². The van der Waals surface area contributed by atoms with Crippen LogP contribution in [0, 0.1) is 0 Å². The van der Waals surface area contributed by atoms with Crippen LogP contribution in [0.1, 0.15) is 0 Å². The van der Waals surface area contributed by atoms with Crippen molar-refractivity contribution in [3.63, 3.8) is 0 Å². The Hall–Kier alpha value is -8.27. The molecule has 0 atom stereocenters. The molecule has 0 fully saturated rings. The molecule has 0 N–H and O–H groups in total. The van der Waals surface area contributed by atoms with Crippen molar-refractivity contribution in [3.8, 4) is 68.1 Å². The molecular formula is C54H33N7OS. The van der Waals surface area contributed by atoms with Crippen molar-refractivity contribution in [3.05, 3.63) is 200 Å². The Morgan fingerprint density at radius 3 is 1.44 bits per heavy atom. The predicted octanol–water partition coefficient (Wildman–Crippen LogP) is 13.9. The standard InChI is InChI=1S/C54H33N7OS/c1-5-16-34(17-6-1)49-55-50(35-18-7-2-8-19-35)58-53(57-49)40-24-15-26-45-48(40)41-32-38(29-31-44(41)62-45)39-28-30-43-47(33-39)63-46-27-14-13-25-42(46)61(43)54-59-51(36-20-9-3-10-21-36)56-52(60-54)37-22-11-4-12-23-37/h1-33H. The van der Waals surface area contributed by atoms with Crippen LogP contribution < -0.4 is 4.90 Å². The van der Waals surface area contributed by atoms with Crippen molar-refractivity contribution in [2.24, 2.45) is 0 Å². The minimum Gasteiger partial charge on any atom is -0.456 e. The summed E-state index contributed by atoms with van der Waals surface area (Å²) in [7, 11) is 0. The second-order valence-corrected chi connectivity index (χ2v) is 16.2. The van der Waals surface area contributed by atoms with Gasteiger partial charge in [-0.1, -0.05) is 169 Å². The molecule has 0 unspecified atom stereocenters. The molecule has 296 valence electrons. The van der Waals surface area contributed by atoms with Crippen LogP contribution in [0.4, 0.5) is 17.3 Å². The Balaban J connectivity index is 0.989. The van der Waals surface area contributed by atoms with Crippen molar-refractivity contribution < 1.29 is 4.42 Å². The van der Waals surface area contributed by atoms with Gasteiger partial charge in [0.2, 0.25) is 5.95 Å². The Labute approximate surface area is 366 Å². The third kappa shape index (κ3) is 6.68. The maximum absolute atomic E-state index is 6.51. The fourth-order valence-corrected chi connectivity index (χ4v) is 9.27. The van der Waals surface area contributed by atoms with Crippen LogP contribution in [-0.4, -0.2) is 29.9 Å². The third-order valence-electron chi connectivity index (χ3n) is 11.2. The Bertz CT molecular complexity index is 3380. The van der Waals surface area contributed by atoms with E-state index in [0.29, 0.717) is 35.1 Å². The zero-order valence-corrected chi connectivity index (χ0v) is 34.3. The molecule has 63 heavy (non-hydrogen) atoms. The van der Waals surface area contributed by atoms with Gasteiger partial charge in [-0.3, -0.25) is 4.90 Å². The first kappa shape index (κ1) is 36.6. The first-order valence-electron chi connectivity index (χ1n) is 20.6. The van der Waals surface area contributed by atoms with E-state index in [2.05, 4.69) is 71.6 Å². The largest absolute Gasteiger partial charge is 0.456 e. The summed E-state index contributed by atoms with van der Waals surface area (Å²) < 4.78 is 6.51. The smallest absolute Gasteiger partial charge is 0.238 e. The van der Waals surface area contributed by atoms with E-state index in [1.165, 1.54) is 0 Å². The van der Waals surface area contributed by atoms with Gasteiger partial charge in [-0.25, -0.2) is 19.9 Å². The molecule has 3 aromatic heterocycles. The minimum atomic E-state index is 0.549. The quantitative estimate of drug-likeness (QED) is 0.156. The van der Waals surface area contributed by atoms with E-state index in [9.17, 15) is 0 Å². The van der Waals surface area contributed by atoms with E-state index in [1.54, 1.807) is 11.8 Å². The molecule has 0 bridgehead atoms. The number of fused-ring (bicyclic) bond motifs is 5. The zero-order chi connectivity index (χ0) is 41.7. The topological polar surface area (TPSA) is 93.7 Å². The molecule has 0 spiro atoms. The minimum absolute atomic E-state index is 0.549. The number of hydrogen-bond acceptors (Lipinski definition) is 9. The van der Waals surface area contributed by atoms with Crippen LogP contribution in [0.3, 0.4) is 0 Å². The van der Waals surface area contributed by atoms with E-state index in [-0.39, 0.29) is 0 Å². The molecule has 0 saturated heterocycles. The number of aromatic nitrogens is 6. The number of furan rings is 1. The molecule has 9 heteroatoms. The molecule has 1 aliphatic rings. The van der Waals surface area contributed by atoms with Gasteiger partial charge in [0.15, 0.2) is 29.1 Å². The highest BCUT2D eigenvalue weighted by molar-refractivity contribution is 7.99. The molecule has 8 nitrogen and oxygen atoms in total. The van der Waals surface area contributed by atoms with Gasteiger partial charge in [-0.05, 0) is 53.6 Å². The van der Waals surface area contributed by atoms with E-state index in [1.807, 2.05) is 133 Å². The van der Waals surface area contributed by atoms with Crippen LogP contribution >= 0.6 is 11.8 Å². The number of benzene rings is 8. The highest BCUT2D eigenvalue weighted by Gasteiger charge is 2.28. The second kappa shape index (κ2) is 15.3. The summed E-state index contributed by atoms with van der Waals surface area (Å²) in [5, 5.41) is 1.93. The van der Waals surface area contributed by atoms with Crippen molar-refractivity contribution in [2.45, 2.75) is 9.79 Å². The van der Waals surface area contributed by atoms with E-state index < -0.39 is 0 Å². The van der Waals surface area contributed by atoms with Crippen LogP contribution in [0.2, 0.25) is 0 Å². The molecular weight excluding hydrogens is 795 g/mol. The molecule has 0 radical (unpaired) electrons. The van der Waals surface area contributed by atoms with Gasteiger partial charge in [0.25, 0.3) is 0 Å². The van der Waals surface area contributed by atoms with E-state index in [0.717, 1.165) is 82.0 Å². The lowest BCUT2D eigenvalue weighted by Crippen LogP contribution is -2.18. The molecule has 0 aliphatic carbocycles. The zero-order valence-electron chi connectivity index (χ0n) is 33.5.